The Bertz CT molecular complexity index is 5780. The molecule has 0 spiro atoms. The van der Waals surface area contributed by atoms with Crippen LogP contribution in [-0.2, 0) is 0 Å². The number of nitrogens with one attached hydrogen (secondary N) is 4. The van der Waals surface area contributed by atoms with Gasteiger partial charge in [-0.05, 0) is 326 Å². The molecule has 0 unspecified atom stereocenters. The number of benzene rings is 4. The maximum Gasteiger partial charge on any atom is 0.123 e. The first-order valence-electron chi connectivity index (χ1n) is 45.9. The van der Waals surface area contributed by atoms with E-state index in [4.69, 9.17) is 57.8 Å². The fourth-order valence-corrected chi connectivity index (χ4v) is 14.9. The first-order valence-corrected chi connectivity index (χ1v) is 45.9. The summed E-state index contributed by atoms with van der Waals surface area (Å²) < 4.78 is 52.5. The second kappa shape index (κ2) is 43.3. The molecule has 4 aliphatic heterocycles. The summed E-state index contributed by atoms with van der Waals surface area (Å²) >= 11 is 0. The minimum atomic E-state index is 0.458. The number of H-pyrrole nitrogens is 4. The number of hydrogen-bond acceptors (Lipinski definition) is 12. The largest absolute Gasteiger partial charge is 0.493 e. The zero-order valence-electron chi connectivity index (χ0n) is 77.3. The third-order valence-electron chi connectivity index (χ3n) is 22.2. The highest BCUT2D eigenvalue weighted by Crippen LogP contribution is 2.43. The Morgan fingerprint density at radius 2 is 0.445 bits per heavy atom. The van der Waals surface area contributed by atoms with E-state index in [0.717, 1.165) is 152 Å². The zero-order chi connectivity index (χ0) is 89.7. The van der Waals surface area contributed by atoms with Crippen molar-refractivity contribution < 1.29 is 37.9 Å². The van der Waals surface area contributed by atoms with Crippen LogP contribution in [0.15, 0.2) is 133 Å². The summed E-state index contributed by atoms with van der Waals surface area (Å²) in [6, 6.07) is 45.4. The van der Waals surface area contributed by atoms with Crippen LogP contribution in [0.25, 0.3) is 137 Å². The first-order chi connectivity index (χ1) is 61.9. The van der Waals surface area contributed by atoms with Gasteiger partial charge >= 0.3 is 0 Å². The number of nitrogens with zero attached hydrogens (tertiary/aromatic N) is 4. The van der Waals surface area contributed by atoms with Gasteiger partial charge in [-0.3, -0.25) is 0 Å². The molecule has 10 heterocycles. The Kier molecular flexibility index (Phi) is 30.8. The van der Waals surface area contributed by atoms with Crippen molar-refractivity contribution in [3.8, 4) is 138 Å². The predicted octanol–water partition coefficient (Wildman–Crippen LogP) is 27.1. The molecule has 658 valence electrons. The molecule has 128 heavy (non-hydrogen) atoms. The van der Waals surface area contributed by atoms with E-state index in [1.807, 2.05) is 60.7 Å². The van der Waals surface area contributed by atoms with E-state index in [1.54, 1.807) is 0 Å². The van der Waals surface area contributed by atoms with Gasteiger partial charge in [0.15, 0.2) is 0 Å². The highest BCUT2D eigenvalue weighted by Gasteiger charge is 2.23. The van der Waals surface area contributed by atoms with Gasteiger partial charge in [0, 0.05) is 79.6 Å². The number of hydrogen-bond donors (Lipinski definition) is 4. The van der Waals surface area contributed by atoms with Crippen LogP contribution in [0.1, 0.15) is 219 Å². The Balaban J connectivity index is 0.945. The van der Waals surface area contributed by atoms with Crippen LogP contribution in [0, 0.1) is 94.7 Å². The number of fused-ring (bicyclic) bond motifs is 16. The summed E-state index contributed by atoms with van der Waals surface area (Å²) in [7, 11) is 0. The van der Waals surface area contributed by atoms with Crippen molar-refractivity contribution in [2.24, 2.45) is 47.3 Å². The van der Waals surface area contributed by atoms with Crippen LogP contribution in [0.4, 0.5) is 0 Å². The van der Waals surface area contributed by atoms with Crippen LogP contribution in [-0.4, -0.2) is 92.7 Å². The van der Waals surface area contributed by atoms with E-state index < -0.39 is 0 Å². The minimum absolute atomic E-state index is 0.458. The van der Waals surface area contributed by atoms with Gasteiger partial charge in [-0.1, -0.05) is 111 Å². The van der Waals surface area contributed by atoms with Crippen LogP contribution >= 0.6 is 0 Å². The molecule has 16 bridgehead atoms. The summed E-state index contributed by atoms with van der Waals surface area (Å²) in [5.41, 5.74) is 20.1. The van der Waals surface area contributed by atoms with Gasteiger partial charge in [-0.15, -0.1) is 0 Å². The van der Waals surface area contributed by atoms with Crippen molar-refractivity contribution in [3.63, 3.8) is 0 Å². The third kappa shape index (κ3) is 24.9. The van der Waals surface area contributed by atoms with Crippen LogP contribution in [0.3, 0.4) is 0 Å². The monoisotopic (exact) mass is 1710 g/mol. The second-order valence-electron chi connectivity index (χ2n) is 36.7. The zero-order valence-corrected chi connectivity index (χ0v) is 77.3. The van der Waals surface area contributed by atoms with Crippen LogP contribution < -0.4 is 37.9 Å². The fourth-order valence-electron chi connectivity index (χ4n) is 14.9. The summed E-state index contributed by atoms with van der Waals surface area (Å²) in [6.07, 6.45) is 23.5. The summed E-state index contributed by atoms with van der Waals surface area (Å²) in [5.74, 6) is 35.0. The molecule has 4 aliphatic rings. The van der Waals surface area contributed by atoms with E-state index in [1.165, 1.54) is 0 Å². The highest BCUT2D eigenvalue weighted by atomic mass is 16.5. The second-order valence-corrected chi connectivity index (χ2v) is 36.7. The van der Waals surface area contributed by atoms with Crippen LogP contribution in [0.5, 0.6) is 46.0 Å². The summed E-state index contributed by atoms with van der Waals surface area (Å²) in [4.78, 5) is 37.0. The summed E-state index contributed by atoms with van der Waals surface area (Å²) in [5, 5.41) is 0. The Morgan fingerprint density at radius 3 is 0.711 bits per heavy atom. The lowest BCUT2D eigenvalue weighted by atomic mass is 10.0. The molecule has 0 atom stereocenters. The molecule has 0 aliphatic carbocycles. The smallest absolute Gasteiger partial charge is 0.123 e. The van der Waals surface area contributed by atoms with Gasteiger partial charge in [-0.2, -0.15) is 0 Å². The summed E-state index contributed by atoms with van der Waals surface area (Å²) in [6.45, 7) is 39.7. The van der Waals surface area contributed by atoms with Crippen molar-refractivity contribution in [1.82, 2.24) is 39.9 Å². The van der Waals surface area contributed by atoms with E-state index in [9.17, 15) is 0 Å². The number of ether oxygens (including phenoxy) is 8. The highest BCUT2D eigenvalue weighted by molar-refractivity contribution is 5.98. The first kappa shape index (κ1) is 90.9. The molecule has 16 nitrogen and oxygen atoms in total. The average molecular weight is 1710 g/mol. The Labute approximate surface area is 756 Å². The molecular weight excluding hydrogens is 1590 g/mol. The van der Waals surface area contributed by atoms with Gasteiger partial charge < -0.3 is 57.8 Å². The van der Waals surface area contributed by atoms with Crippen molar-refractivity contribution in [2.45, 2.75) is 162 Å². The Morgan fingerprint density at radius 1 is 0.227 bits per heavy atom. The van der Waals surface area contributed by atoms with Gasteiger partial charge in [0.2, 0.25) is 0 Å². The molecule has 0 amide bonds. The molecule has 0 fully saturated rings. The number of aromatic amines is 4. The van der Waals surface area contributed by atoms with Crippen molar-refractivity contribution in [3.05, 3.63) is 190 Å². The molecule has 10 aromatic rings. The maximum absolute atomic E-state index is 6.56. The lowest BCUT2D eigenvalue weighted by Crippen LogP contribution is -2.04. The van der Waals surface area contributed by atoms with Crippen molar-refractivity contribution in [1.29, 1.82) is 0 Å². The van der Waals surface area contributed by atoms with E-state index in [0.29, 0.717) is 191 Å². The maximum atomic E-state index is 6.56. The quantitative estimate of drug-likeness (QED) is 0.0273. The topological polar surface area (TPSA) is 189 Å². The van der Waals surface area contributed by atoms with E-state index >= 15 is 0 Å². The molecule has 6 aromatic heterocycles. The average Bonchev–Trinajstić information content (AvgIpc) is 1.64. The van der Waals surface area contributed by atoms with Gasteiger partial charge in [0.05, 0.1) is 121 Å². The normalized spacial score (nSPS) is 12.0. The molecule has 4 N–H and O–H groups in total. The predicted molar refractivity (Wildman–Crippen MR) is 528 cm³/mol. The lowest BCUT2D eigenvalue weighted by Gasteiger charge is -2.14. The molecule has 0 radical (unpaired) electrons. The van der Waals surface area contributed by atoms with E-state index in [2.05, 4.69) is 299 Å². The fraction of sp³-hybridized carbons (Fsp3) is 0.357. The number of aromatic nitrogens is 8. The van der Waals surface area contributed by atoms with Gasteiger partial charge in [0.25, 0.3) is 0 Å². The van der Waals surface area contributed by atoms with Crippen LogP contribution in [0.2, 0.25) is 0 Å². The molecule has 16 heteroatoms. The standard InChI is InChI=1S/C112H122N8O8/c1-71(2)41-49-121-87-57-79(58-88(67-87)122-50-42-72(3)4)109-101-29-25-83(113-101)65-84-26-30-102(114-84)110(80-59-89(123-51-43-73(5)6)68-90(60-80)124-52-44-74(7)8)106-38-34-98(118-106)95(97-33-37-105(109)117-97)23-21-19-17-18-20-22-24-96-99-35-39-107(119-99)111(81-61-91(125-53-45-75(9)10)69-92(62-81)126-54-46-76(11)12)103-31-27-85(115-103)66-86-28-32-104(116-86)112(108-40-36-100(96)120-108)82-63-93(127-55-47-77(13)14)70-94(64-82)128-56-48-78(15)16/h25-40,57-78,113,115,118,120H,41-56H2,1-16H3. The van der Waals surface area contributed by atoms with E-state index in [-0.39, 0.29) is 0 Å². The van der Waals surface area contributed by atoms with Gasteiger partial charge in [-0.25, -0.2) is 19.9 Å². The molecule has 0 saturated heterocycles. The molecule has 4 aromatic carbocycles. The SMILES string of the molecule is CC(C)CCOc1cc(OCCC(C)C)cc(-c2c3nc(c(C#CC#CC#CC#Cc4c5nc(c(-c6cc(OCCC(C)C)cc(OCCC(C)C)c6)c6ccc(cc7nc(c(-c8cc(OCCC(C)C)cc(OCCC(C)C)c8)c8ccc4[nH]8)C=C7)[nH]6)C=C5)c4ccc([nH]4)c(-c4cc(OCCC(C)C)cc(OCCC(C)C)c4)c4nc(cc5ccc2[nH]5)C=C4)C=C3)c1. The van der Waals surface area contributed by atoms with Gasteiger partial charge in [0.1, 0.15) is 46.0 Å². The molecular formula is C112H122N8O8. The minimum Gasteiger partial charge on any atom is -0.493 e. The van der Waals surface area contributed by atoms with Crippen molar-refractivity contribution in [2.75, 3.05) is 52.9 Å². The van der Waals surface area contributed by atoms with Crippen molar-refractivity contribution >= 4 is 92.7 Å². The third-order valence-corrected chi connectivity index (χ3v) is 22.2. The lowest BCUT2D eigenvalue weighted by molar-refractivity contribution is 0.276. The Hall–Kier alpha value is -13.3. The molecule has 0 saturated carbocycles. The number of rotatable bonds is 36. The molecule has 14 rings (SSSR count).